The highest BCUT2D eigenvalue weighted by molar-refractivity contribution is 5.44. The number of allylic oxidation sites excluding steroid dienone is 3. The summed E-state index contributed by atoms with van der Waals surface area (Å²) < 4.78 is 0. The van der Waals surface area contributed by atoms with E-state index in [9.17, 15) is 0 Å². The summed E-state index contributed by atoms with van der Waals surface area (Å²) in [5, 5.41) is 0. The van der Waals surface area contributed by atoms with Gasteiger partial charge in [0.05, 0.1) is 0 Å². The lowest BCUT2D eigenvalue weighted by Crippen LogP contribution is -2.18. The maximum atomic E-state index is 4.13. The van der Waals surface area contributed by atoms with Gasteiger partial charge in [-0.15, -0.1) is 0 Å². The first-order valence-corrected chi connectivity index (χ1v) is 4.26. The molecular weight excluding hydrogens is 132 g/mol. The minimum atomic E-state index is 0.286. The highest BCUT2D eigenvalue weighted by atomic mass is 14.4. The van der Waals surface area contributed by atoms with Crippen molar-refractivity contribution in [2.24, 2.45) is 11.3 Å². The Morgan fingerprint density at radius 3 is 1.82 bits per heavy atom. The zero-order valence-electron chi connectivity index (χ0n) is 8.28. The molecular formula is C11H18. The molecule has 11 heavy (non-hydrogen) atoms. The lowest BCUT2D eigenvalue weighted by atomic mass is 9.78. The van der Waals surface area contributed by atoms with E-state index in [1.807, 2.05) is 0 Å². The van der Waals surface area contributed by atoms with Gasteiger partial charge in [0, 0.05) is 0 Å². The average Bonchev–Trinajstić information content (AvgIpc) is 2.06. The van der Waals surface area contributed by atoms with Crippen LogP contribution in [-0.2, 0) is 0 Å². The van der Waals surface area contributed by atoms with Crippen molar-refractivity contribution in [3.8, 4) is 0 Å². The Hall–Kier alpha value is -0.520. The predicted octanol–water partition coefficient (Wildman–Crippen LogP) is 3.55. The summed E-state index contributed by atoms with van der Waals surface area (Å²) in [5.74, 6) is 0.662. The van der Waals surface area contributed by atoms with Crippen LogP contribution >= 0.6 is 0 Å². The second-order valence-electron chi connectivity index (χ2n) is 4.23. The van der Waals surface area contributed by atoms with Crippen LogP contribution in [0.15, 0.2) is 23.3 Å². The molecule has 1 unspecified atom stereocenters. The maximum absolute atomic E-state index is 4.13. The van der Waals surface area contributed by atoms with Crippen molar-refractivity contribution in [1.82, 2.24) is 0 Å². The monoisotopic (exact) mass is 150 g/mol. The van der Waals surface area contributed by atoms with E-state index in [1.54, 1.807) is 0 Å². The molecule has 0 nitrogen and oxygen atoms in total. The number of hydrogen-bond donors (Lipinski definition) is 0. The molecule has 1 aliphatic carbocycles. The van der Waals surface area contributed by atoms with Gasteiger partial charge in [-0.1, -0.05) is 32.9 Å². The van der Waals surface area contributed by atoms with Crippen LogP contribution in [0.4, 0.5) is 0 Å². The second-order valence-corrected chi connectivity index (χ2v) is 4.23. The van der Waals surface area contributed by atoms with Crippen LogP contribution in [0.5, 0.6) is 0 Å². The molecule has 1 rings (SSSR count). The quantitative estimate of drug-likeness (QED) is 0.495. The Labute approximate surface area is 70.0 Å². The molecule has 62 valence electrons. The van der Waals surface area contributed by atoms with Gasteiger partial charge in [0.2, 0.25) is 0 Å². The van der Waals surface area contributed by atoms with Gasteiger partial charge < -0.3 is 0 Å². The summed E-state index contributed by atoms with van der Waals surface area (Å²) in [7, 11) is 0. The summed E-state index contributed by atoms with van der Waals surface area (Å²) in [6.07, 6.45) is 0. The molecule has 0 saturated carbocycles. The number of rotatable bonds is 0. The van der Waals surface area contributed by atoms with Crippen LogP contribution in [0.25, 0.3) is 0 Å². The zero-order valence-corrected chi connectivity index (χ0v) is 8.28. The van der Waals surface area contributed by atoms with E-state index in [1.165, 1.54) is 16.7 Å². The smallest absolute Gasteiger partial charge is 0.00440 e. The van der Waals surface area contributed by atoms with Crippen LogP contribution in [0.3, 0.4) is 0 Å². The van der Waals surface area contributed by atoms with Crippen molar-refractivity contribution >= 4 is 0 Å². The Balaban J connectivity index is 3.13. The third-order valence-corrected chi connectivity index (χ3v) is 3.55. The van der Waals surface area contributed by atoms with E-state index in [0.717, 1.165) is 0 Å². The third-order valence-electron chi connectivity index (χ3n) is 3.55. The summed E-state index contributed by atoms with van der Waals surface area (Å²) >= 11 is 0. The predicted molar refractivity (Wildman–Crippen MR) is 50.5 cm³/mol. The van der Waals surface area contributed by atoms with Crippen LogP contribution in [-0.4, -0.2) is 0 Å². The first kappa shape index (κ1) is 8.58. The lowest BCUT2D eigenvalue weighted by molar-refractivity contribution is 0.357. The minimum absolute atomic E-state index is 0.286. The highest BCUT2D eigenvalue weighted by Gasteiger charge is 2.37. The van der Waals surface area contributed by atoms with Crippen LogP contribution < -0.4 is 0 Å². The van der Waals surface area contributed by atoms with E-state index in [-0.39, 0.29) is 5.41 Å². The van der Waals surface area contributed by atoms with Crippen LogP contribution in [0.1, 0.15) is 34.6 Å². The molecule has 0 N–H and O–H groups in total. The van der Waals surface area contributed by atoms with Crippen molar-refractivity contribution < 1.29 is 0 Å². The van der Waals surface area contributed by atoms with E-state index >= 15 is 0 Å². The number of hydrogen-bond acceptors (Lipinski definition) is 0. The van der Waals surface area contributed by atoms with E-state index in [2.05, 4.69) is 41.2 Å². The minimum Gasteiger partial charge on any atom is -0.0950 e. The Morgan fingerprint density at radius 2 is 1.73 bits per heavy atom. The molecule has 0 heterocycles. The molecule has 0 amide bonds. The molecule has 0 aromatic heterocycles. The Kier molecular flexibility index (Phi) is 1.74. The summed E-state index contributed by atoms with van der Waals surface area (Å²) in [4.78, 5) is 0. The molecule has 0 spiro atoms. The molecule has 0 fully saturated rings. The van der Waals surface area contributed by atoms with E-state index < -0.39 is 0 Å². The van der Waals surface area contributed by atoms with Gasteiger partial charge in [0.1, 0.15) is 0 Å². The summed E-state index contributed by atoms with van der Waals surface area (Å²) in [6.45, 7) is 15.4. The SMILES string of the molecule is C=C1C(C)=C(C)C(C)C1(C)C. The van der Waals surface area contributed by atoms with Gasteiger partial charge in [-0.05, 0) is 36.3 Å². The zero-order chi connectivity index (χ0) is 8.81. The second kappa shape index (κ2) is 2.23. The maximum Gasteiger partial charge on any atom is -0.00440 e. The fraction of sp³-hybridized carbons (Fsp3) is 0.636. The largest absolute Gasteiger partial charge is 0.0950 e. The van der Waals surface area contributed by atoms with E-state index in [4.69, 9.17) is 0 Å². The molecule has 0 aromatic rings. The van der Waals surface area contributed by atoms with Crippen molar-refractivity contribution in [1.29, 1.82) is 0 Å². The molecule has 0 saturated heterocycles. The first-order chi connectivity index (χ1) is 4.89. The first-order valence-electron chi connectivity index (χ1n) is 4.26. The van der Waals surface area contributed by atoms with Crippen molar-refractivity contribution in [3.05, 3.63) is 23.3 Å². The van der Waals surface area contributed by atoms with Crippen LogP contribution in [0.2, 0.25) is 0 Å². The van der Waals surface area contributed by atoms with Gasteiger partial charge in [0.25, 0.3) is 0 Å². The Bertz CT molecular complexity index is 228. The highest BCUT2D eigenvalue weighted by Crippen LogP contribution is 2.48. The topological polar surface area (TPSA) is 0 Å². The van der Waals surface area contributed by atoms with Gasteiger partial charge in [-0.2, -0.15) is 0 Å². The standard InChI is InChI=1S/C11H18/c1-7-8(2)10(4)11(5,6)9(7)3/h10H,3H2,1-2,4-6H3. The fourth-order valence-corrected chi connectivity index (χ4v) is 1.85. The molecule has 0 aromatic carbocycles. The molecule has 0 radical (unpaired) electrons. The van der Waals surface area contributed by atoms with E-state index in [0.29, 0.717) is 5.92 Å². The molecule has 1 atom stereocenters. The molecule has 0 bridgehead atoms. The Morgan fingerprint density at radius 1 is 1.27 bits per heavy atom. The van der Waals surface area contributed by atoms with Gasteiger partial charge in [-0.25, -0.2) is 0 Å². The van der Waals surface area contributed by atoms with Crippen molar-refractivity contribution in [3.63, 3.8) is 0 Å². The van der Waals surface area contributed by atoms with Crippen molar-refractivity contribution in [2.75, 3.05) is 0 Å². The molecule has 0 aliphatic heterocycles. The average molecular weight is 150 g/mol. The van der Waals surface area contributed by atoms with Crippen LogP contribution in [0, 0.1) is 11.3 Å². The lowest BCUT2D eigenvalue weighted by Gasteiger charge is -2.26. The van der Waals surface area contributed by atoms with Gasteiger partial charge >= 0.3 is 0 Å². The summed E-state index contributed by atoms with van der Waals surface area (Å²) in [6, 6.07) is 0. The summed E-state index contributed by atoms with van der Waals surface area (Å²) in [5.41, 5.74) is 4.54. The molecule has 0 heteroatoms. The van der Waals surface area contributed by atoms with Crippen molar-refractivity contribution in [2.45, 2.75) is 34.6 Å². The van der Waals surface area contributed by atoms with Gasteiger partial charge in [0.15, 0.2) is 0 Å². The molecule has 1 aliphatic rings. The normalized spacial score (nSPS) is 29.9. The fourth-order valence-electron chi connectivity index (χ4n) is 1.85. The van der Waals surface area contributed by atoms with Gasteiger partial charge in [-0.3, -0.25) is 0 Å². The third kappa shape index (κ3) is 0.962.